The topological polar surface area (TPSA) is 26.0 Å². The lowest BCUT2D eigenvalue weighted by molar-refractivity contribution is 0.506. The molecule has 1 atom stereocenters. The van der Waals surface area contributed by atoms with Crippen LogP contribution in [-0.2, 0) is 6.42 Å². The average molecular weight is 279 g/mol. The van der Waals surface area contributed by atoms with Gasteiger partial charge in [0.2, 0.25) is 0 Å². The maximum atomic E-state index is 13.2. The van der Waals surface area contributed by atoms with Gasteiger partial charge in [-0.1, -0.05) is 30.0 Å². The van der Waals surface area contributed by atoms with Gasteiger partial charge in [0.05, 0.1) is 0 Å². The molecule has 0 aromatic heterocycles. The molecule has 0 saturated heterocycles. The quantitative estimate of drug-likeness (QED) is 0.915. The van der Waals surface area contributed by atoms with Gasteiger partial charge in [-0.15, -0.1) is 0 Å². The molecule has 0 saturated carbocycles. The zero-order chi connectivity index (χ0) is 13.8. The minimum absolute atomic E-state index is 0.0618. The highest BCUT2D eigenvalue weighted by atomic mass is 32.2. The van der Waals surface area contributed by atoms with E-state index in [9.17, 15) is 8.78 Å². The fourth-order valence-electron chi connectivity index (χ4n) is 1.79. The first kappa shape index (κ1) is 14.0. The lowest BCUT2D eigenvalue weighted by atomic mass is 10.1. The van der Waals surface area contributed by atoms with Crippen LogP contribution in [0.4, 0.5) is 8.78 Å². The molecule has 0 bridgehead atoms. The van der Waals surface area contributed by atoms with E-state index in [0.29, 0.717) is 4.90 Å². The van der Waals surface area contributed by atoms with Crippen molar-refractivity contribution >= 4 is 11.8 Å². The fraction of sp³-hybridized carbons (Fsp3) is 0.200. The highest BCUT2D eigenvalue weighted by molar-refractivity contribution is 7.99. The lowest BCUT2D eigenvalue weighted by Crippen LogP contribution is -2.18. The van der Waals surface area contributed by atoms with Crippen molar-refractivity contribution in [2.75, 3.05) is 0 Å². The van der Waals surface area contributed by atoms with Crippen LogP contribution in [0, 0.1) is 11.6 Å². The van der Waals surface area contributed by atoms with Gasteiger partial charge < -0.3 is 5.73 Å². The number of hydrogen-bond donors (Lipinski definition) is 1. The molecule has 2 aromatic rings. The summed E-state index contributed by atoms with van der Waals surface area (Å²) in [7, 11) is 0. The number of benzene rings is 2. The molecule has 19 heavy (non-hydrogen) atoms. The minimum atomic E-state index is -0.826. The molecule has 2 rings (SSSR count). The van der Waals surface area contributed by atoms with Crippen LogP contribution in [0.5, 0.6) is 0 Å². The Labute approximate surface area is 115 Å². The molecule has 0 fully saturated rings. The van der Waals surface area contributed by atoms with E-state index in [4.69, 9.17) is 5.73 Å². The summed E-state index contributed by atoms with van der Waals surface area (Å²) in [6.07, 6.45) is 0.757. The molecule has 0 radical (unpaired) electrons. The first-order valence-corrected chi connectivity index (χ1v) is 6.84. The smallest absolute Gasteiger partial charge is 0.159 e. The molecule has 0 aliphatic carbocycles. The Balaban J connectivity index is 2.25. The zero-order valence-electron chi connectivity index (χ0n) is 10.6. The highest BCUT2D eigenvalue weighted by Gasteiger charge is 2.08. The number of hydrogen-bond acceptors (Lipinski definition) is 2. The Morgan fingerprint density at radius 2 is 1.84 bits per heavy atom. The summed E-state index contributed by atoms with van der Waals surface area (Å²) < 4.78 is 26.1. The first-order valence-electron chi connectivity index (χ1n) is 6.02. The molecule has 4 heteroatoms. The van der Waals surface area contributed by atoms with Crippen LogP contribution in [0.2, 0.25) is 0 Å². The Morgan fingerprint density at radius 1 is 1.11 bits per heavy atom. The summed E-state index contributed by atoms with van der Waals surface area (Å²) in [5.74, 6) is -1.65. The molecule has 0 heterocycles. The van der Waals surface area contributed by atoms with Gasteiger partial charge in [0.15, 0.2) is 11.6 Å². The van der Waals surface area contributed by atoms with Gasteiger partial charge in [-0.25, -0.2) is 8.78 Å². The van der Waals surface area contributed by atoms with Gasteiger partial charge >= 0.3 is 0 Å². The maximum Gasteiger partial charge on any atom is 0.159 e. The molecule has 0 amide bonds. The third kappa shape index (κ3) is 3.78. The predicted octanol–water partition coefficient (Wildman–Crippen LogP) is 4.01. The van der Waals surface area contributed by atoms with Crippen LogP contribution in [0.25, 0.3) is 0 Å². The Hall–Kier alpha value is -1.39. The van der Waals surface area contributed by atoms with E-state index in [-0.39, 0.29) is 6.04 Å². The summed E-state index contributed by atoms with van der Waals surface area (Å²) in [5, 5.41) is 0. The van der Waals surface area contributed by atoms with Gasteiger partial charge in [-0.3, -0.25) is 0 Å². The van der Waals surface area contributed by atoms with E-state index in [1.54, 1.807) is 6.07 Å². The molecule has 2 N–H and O–H groups in total. The van der Waals surface area contributed by atoms with Crippen LogP contribution in [-0.4, -0.2) is 6.04 Å². The van der Waals surface area contributed by atoms with Crippen molar-refractivity contribution in [1.82, 2.24) is 0 Å². The molecule has 0 aliphatic rings. The van der Waals surface area contributed by atoms with E-state index in [0.717, 1.165) is 22.9 Å². The third-order valence-electron chi connectivity index (χ3n) is 2.63. The van der Waals surface area contributed by atoms with Crippen molar-refractivity contribution in [3.05, 3.63) is 59.7 Å². The number of nitrogens with two attached hydrogens (primary N) is 1. The Kier molecular flexibility index (Phi) is 4.56. The predicted molar refractivity (Wildman–Crippen MR) is 74.3 cm³/mol. The van der Waals surface area contributed by atoms with E-state index < -0.39 is 11.6 Å². The molecule has 0 aliphatic heterocycles. The van der Waals surface area contributed by atoms with Crippen molar-refractivity contribution in [3.63, 3.8) is 0 Å². The summed E-state index contributed by atoms with van der Waals surface area (Å²) in [5.41, 5.74) is 6.93. The fourth-order valence-corrected chi connectivity index (χ4v) is 2.77. The Bertz CT molecular complexity index is 570. The zero-order valence-corrected chi connectivity index (χ0v) is 11.4. The minimum Gasteiger partial charge on any atom is -0.328 e. The van der Waals surface area contributed by atoms with Gasteiger partial charge in [0.25, 0.3) is 0 Å². The van der Waals surface area contributed by atoms with Crippen molar-refractivity contribution in [2.45, 2.75) is 29.2 Å². The van der Waals surface area contributed by atoms with E-state index in [1.165, 1.54) is 17.8 Å². The van der Waals surface area contributed by atoms with Crippen molar-refractivity contribution < 1.29 is 8.78 Å². The average Bonchev–Trinajstić information content (AvgIpc) is 2.36. The summed E-state index contributed by atoms with van der Waals surface area (Å²) >= 11 is 1.42. The van der Waals surface area contributed by atoms with Crippen LogP contribution >= 0.6 is 11.8 Å². The van der Waals surface area contributed by atoms with Crippen molar-refractivity contribution in [3.8, 4) is 0 Å². The highest BCUT2D eigenvalue weighted by Crippen LogP contribution is 2.31. The van der Waals surface area contributed by atoms with Gasteiger partial charge in [0.1, 0.15) is 0 Å². The summed E-state index contributed by atoms with van der Waals surface area (Å²) in [4.78, 5) is 1.70. The van der Waals surface area contributed by atoms with Crippen molar-refractivity contribution in [2.24, 2.45) is 5.73 Å². The lowest BCUT2D eigenvalue weighted by Gasteiger charge is -2.11. The van der Waals surface area contributed by atoms with Gasteiger partial charge in [-0.05, 0) is 43.2 Å². The standard InChI is InChI=1S/C15H15F2NS/c1-10(18)8-11-4-2-3-5-15(11)19-12-6-7-13(16)14(17)9-12/h2-7,9-10H,8,18H2,1H3. The molecular weight excluding hydrogens is 264 g/mol. The maximum absolute atomic E-state index is 13.2. The molecule has 100 valence electrons. The Morgan fingerprint density at radius 3 is 2.53 bits per heavy atom. The molecular formula is C15H15F2NS. The van der Waals surface area contributed by atoms with Crippen LogP contribution in [0.3, 0.4) is 0 Å². The normalized spacial score (nSPS) is 12.4. The second-order valence-corrected chi connectivity index (χ2v) is 5.58. The molecule has 1 unspecified atom stereocenters. The number of rotatable bonds is 4. The largest absolute Gasteiger partial charge is 0.328 e. The van der Waals surface area contributed by atoms with E-state index in [2.05, 4.69) is 0 Å². The van der Waals surface area contributed by atoms with Gasteiger partial charge in [-0.2, -0.15) is 0 Å². The van der Waals surface area contributed by atoms with E-state index >= 15 is 0 Å². The monoisotopic (exact) mass is 279 g/mol. The van der Waals surface area contributed by atoms with Crippen LogP contribution in [0.15, 0.2) is 52.3 Å². The molecule has 0 spiro atoms. The first-order chi connectivity index (χ1) is 9.06. The second kappa shape index (κ2) is 6.17. The van der Waals surface area contributed by atoms with Gasteiger partial charge in [0, 0.05) is 15.8 Å². The summed E-state index contributed by atoms with van der Waals surface area (Å²) in [6, 6.07) is 11.8. The second-order valence-electron chi connectivity index (χ2n) is 4.47. The van der Waals surface area contributed by atoms with Crippen LogP contribution in [0.1, 0.15) is 12.5 Å². The van der Waals surface area contributed by atoms with Crippen molar-refractivity contribution in [1.29, 1.82) is 0 Å². The SMILES string of the molecule is CC(N)Cc1ccccc1Sc1ccc(F)c(F)c1. The third-order valence-corrected chi connectivity index (χ3v) is 3.74. The summed E-state index contributed by atoms with van der Waals surface area (Å²) in [6.45, 7) is 1.94. The molecule has 2 aromatic carbocycles. The number of halogens is 2. The molecule has 1 nitrogen and oxygen atoms in total. The van der Waals surface area contributed by atoms with Crippen LogP contribution < -0.4 is 5.73 Å². The van der Waals surface area contributed by atoms with E-state index in [1.807, 2.05) is 31.2 Å².